The lowest BCUT2D eigenvalue weighted by Gasteiger charge is -2.31. The lowest BCUT2D eigenvalue weighted by atomic mass is 10.0. The minimum absolute atomic E-state index is 0.175. The van der Waals surface area contributed by atoms with Crippen LogP contribution >= 0.6 is 23.2 Å². The molecule has 1 aromatic rings. The third-order valence-corrected chi connectivity index (χ3v) is 4.19. The number of likely N-dealkylation sites (tertiary alicyclic amines) is 1. The highest BCUT2D eigenvalue weighted by molar-refractivity contribution is 6.39. The van der Waals surface area contributed by atoms with Gasteiger partial charge in [-0.1, -0.05) is 36.2 Å². The minimum Gasteiger partial charge on any atom is -0.349 e. The lowest BCUT2D eigenvalue weighted by Crippen LogP contribution is -2.44. The van der Waals surface area contributed by atoms with Crippen LogP contribution in [-0.4, -0.2) is 36.5 Å². The Morgan fingerprint density at radius 3 is 2.42 bits per heavy atom. The molecule has 3 nitrogen and oxygen atoms in total. The molecule has 1 amide bonds. The highest BCUT2D eigenvalue weighted by atomic mass is 35.5. The van der Waals surface area contributed by atoms with Crippen molar-refractivity contribution in [3.05, 3.63) is 33.8 Å². The quantitative estimate of drug-likeness (QED) is 0.930. The van der Waals surface area contributed by atoms with Crippen molar-refractivity contribution < 1.29 is 4.79 Å². The van der Waals surface area contributed by atoms with E-state index in [0.717, 1.165) is 32.5 Å². The first-order chi connectivity index (χ1) is 9.11. The zero-order valence-corrected chi connectivity index (χ0v) is 12.5. The number of amides is 1. The number of benzene rings is 1. The molecule has 0 aromatic heterocycles. The van der Waals surface area contributed by atoms with Crippen LogP contribution in [0.25, 0.3) is 0 Å². The van der Waals surface area contributed by atoms with Crippen molar-refractivity contribution in [3.8, 4) is 0 Å². The van der Waals surface area contributed by atoms with Gasteiger partial charge in [0.15, 0.2) is 0 Å². The standard InChI is InChI=1S/C14H18Cl2N2O/c1-2-18-8-6-10(7-9-18)17-14(19)13-11(15)4-3-5-12(13)16/h3-5,10H,2,6-9H2,1H3,(H,17,19). The molecule has 0 saturated carbocycles. The fourth-order valence-corrected chi connectivity index (χ4v) is 2.93. The van der Waals surface area contributed by atoms with Crippen molar-refractivity contribution in [1.82, 2.24) is 10.2 Å². The number of nitrogens with one attached hydrogen (secondary N) is 1. The molecule has 1 N–H and O–H groups in total. The average Bonchev–Trinajstić information content (AvgIpc) is 2.39. The van der Waals surface area contributed by atoms with E-state index in [-0.39, 0.29) is 11.9 Å². The van der Waals surface area contributed by atoms with Gasteiger partial charge in [0.1, 0.15) is 0 Å². The maximum atomic E-state index is 12.2. The third kappa shape index (κ3) is 3.62. The van der Waals surface area contributed by atoms with Crippen molar-refractivity contribution in [2.45, 2.75) is 25.8 Å². The van der Waals surface area contributed by atoms with Gasteiger partial charge < -0.3 is 10.2 Å². The molecular formula is C14H18Cl2N2O. The Kier molecular flexibility index (Phi) is 5.08. The van der Waals surface area contributed by atoms with E-state index in [1.54, 1.807) is 18.2 Å². The summed E-state index contributed by atoms with van der Waals surface area (Å²) in [6, 6.07) is 5.31. The van der Waals surface area contributed by atoms with Gasteiger partial charge in [-0.05, 0) is 31.5 Å². The summed E-state index contributed by atoms with van der Waals surface area (Å²) < 4.78 is 0. The molecule has 0 aliphatic carbocycles. The molecule has 1 saturated heterocycles. The van der Waals surface area contributed by atoms with Crippen LogP contribution in [0.5, 0.6) is 0 Å². The van der Waals surface area contributed by atoms with E-state index in [2.05, 4.69) is 17.1 Å². The first kappa shape index (κ1) is 14.6. The summed E-state index contributed by atoms with van der Waals surface area (Å²) in [6.45, 7) is 5.27. The molecular weight excluding hydrogens is 283 g/mol. The molecule has 5 heteroatoms. The van der Waals surface area contributed by atoms with Crippen molar-refractivity contribution in [2.24, 2.45) is 0 Å². The lowest BCUT2D eigenvalue weighted by molar-refractivity contribution is 0.0913. The molecule has 0 unspecified atom stereocenters. The molecule has 104 valence electrons. The van der Waals surface area contributed by atoms with Crippen molar-refractivity contribution in [1.29, 1.82) is 0 Å². The fraction of sp³-hybridized carbons (Fsp3) is 0.500. The first-order valence-electron chi connectivity index (χ1n) is 6.59. The van der Waals surface area contributed by atoms with E-state index in [9.17, 15) is 4.79 Å². The molecule has 1 heterocycles. The summed E-state index contributed by atoms with van der Waals surface area (Å²) in [6.07, 6.45) is 1.95. The number of halogens is 2. The largest absolute Gasteiger partial charge is 0.349 e. The SMILES string of the molecule is CCN1CCC(NC(=O)c2c(Cl)cccc2Cl)CC1. The van der Waals surface area contributed by atoms with Gasteiger partial charge in [0.25, 0.3) is 5.91 Å². The molecule has 2 rings (SSSR count). The van der Waals surface area contributed by atoms with Crippen LogP contribution in [0.2, 0.25) is 10.0 Å². The summed E-state index contributed by atoms with van der Waals surface area (Å²) in [5, 5.41) is 3.83. The Hall–Kier alpha value is -0.770. The van der Waals surface area contributed by atoms with Gasteiger partial charge in [-0.3, -0.25) is 4.79 Å². The number of hydrogen-bond donors (Lipinski definition) is 1. The number of carbonyl (C=O) groups is 1. The van der Waals surface area contributed by atoms with Crippen molar-refractivity contribution >= 4 is 29.1 Å². The predicted molar refractivity (Wildman–Crippen MR) is 79.1 cm³/mol. The van der Waals surface area contributed by atoms with E-state index in [1.165, 1.54) is 0 Å². The minimum atomic E-state index is -0.175. The van der Waals surface area contributed by atoms with Crippen LogP contribution in [0, 0.1) is 0 Å². The molecule has 1 fully saturated rings. The van der Waals surface area contributed by atoms with E-state index in [0.29, 0.717) is 15.6 Å². The van der Waals surface area contributed by atoms with Gasteiger partial charge in [-0.15, -0.1) is 0 Å². The van der Waals surface area contributed by atoms with Crippen molar-refractivity contribution in [3.63, 3.8) is 0 Å². The summed E-state index contributed by atoms with van der Waals surface area (Å²) in [5.74, 6) is -0.175. The Morgan fingerprint density at radius 1 is 1.32 bits per heavy atom. The van der Waals surface area contributed by atoms with E-state index in [1.807, 2.05) is 0 Å². The third-order valence-electron chi connectivity index (χ3n) is 3.56. The molecule has 0 spiro atoms. The second kappa shape index (κ2) is 6.60. The highest BCUT2D eigenvalue weighted by Crippen LogP contribution is 2.24. The Balaban J connectivity index is 1.98. The normalized spacial score (nSPS) is 17.4. The maximum Gasteiger partial charge on any atom is 0.254 e. The molecule has 1 aliphatic rings. The van der Waals surface area contributed by atoms with Crippen LogP contribution in [0.15, 0.2) is 18.2 Å². The number of carbonyl (C=O) groups excluding carboxylic acids is 1. The van der Waals surface area contributed by atoms with E-state index in [4.69, 9.17) is 23.2 Å². The number of hydrogen-bond acceptors (Lipinski definition) is 2. The van der Waals surface area contributed by atoms with Crippen LogP contribution in [-0.2, 0) is 0 Å². The van der Waals surface area contributed by atoms with E-state index < -0.39 is 0 Å². The monoisotopic (exact) mass is 300 g/mol. The second-order valence-corrected chi connectivity index (χ2v) is 5.59. The van der Waals surface area contributed by atoms with Gasteiger partial charge in [0, 0.05) is 19.1 Å². The topological polar surface area (TPSA) is 32.3 Å². The summed E-state index contributed by atoms with van der Waals surface area (Å²) in [7, 11) is 0. The zero-order chi connectivity index (χ0) is 13.8. The molecule has 1 aliphatic heterocycles. The van der Waals surface area contributed by atoms with Crippen LogP contribution in [0.1, 0.15) is 30.1 Å². The fourth-order valence-electron chi connectivity index (χ4n) is 2.37. The van der Waals surface area contributed by atoms with Gasteiger partial charge in [0.05, 0.1) is 15.6 Å². The highest BCUT2D eigenvalue weighted by Gasteiger charge is 2.22. The molecule has 0 radical (unpaired) electrons. The Labute approximate surface area is 123 Å². The summed E-state index contributed by atoms with van der Waals surface area (Å²) in [4.78, 5) is 14.6. The molecule has 0 bridgehead atoms. The van der Waals surface area contributed by atoms with Crippen LogP contribution < -0.4 is 5.32 Å². The van der Waals surface area contributed by atoms with Gasteiger partial charge in [-0.25, -0.2) is 0 Å². The average molecular weight is 301 g/mol. The van der Waals surface area contributed by atoms with Crippen LogP contribution in [0.4, 0.5) is 0 Å². The number of rotatable bonds is 3. The maximum absolute atomic E-state index is 12.2. The zero-order valence-electron chi connectivity index (χ0n) is 11.0. The van der Waals surface area contributed by atoms with Gasteiger partial charge >= 0.3 is 0 Å². The van der Waals surface area contributed by atoms with E-state index >= 15 is 0 Å². The molecule has 19 heavy (non-hydrogen) atoms. The molecule has 1 aromatic carbocycles. The first-order valence-corrected chi connectivity index (χ1v) is 7.34. The second-order valence-electron chi connectivity index (χ2n) is 4.78. The predicted octanol–water partition coefficient (Wildman–Crippen LogP) is 3.21. The molecule has 0 atom stereocenters. The Bertz CT molecular complexity index is 437. The number of piperidine rings is 1. The van der Waals surface area contributed by atoms with Gasteiger partial charge in [0.2, 0.25) is 0 Å². The summed E-state index contributed by atoms with van der Waals surface area (Å²) >= 11 is 12.1. The Morgan fingerprint density at radius 2 is 1.89 bits per heavy atom. The number of nitrogens with zero attached hydrogens (tertiary/aromatic N) is 1. The van der Waals surface area contributed by atoms with Gasteiger partial charge in [-0.2, -0.15) is 0 Å². The smallest absolute Gasteiger partial charge is 0.254 e. The summed E-state index contributed by atoms with van der Waals surface area (Å²) in [5.41, 5.74) is 0.378. The van der Waals surface area contributed by atoms with Crippen LogP contribution in [0.3, 0.4) is 0 Å². The van der Waals surface area contributed by atoms with Crippen molar-refractivity contribution in [2.75, 3.05) is 19.6 Å².